The summed E-state index contributed by atoms with van der Waals surface area (Å²) in [5, 5.41) is 9.69. The van der Waals surface area contributed by atoms with E-state index in [0.29, 0.717) is 22.6 Å². The number of hydrogen-bond donors (Lipinski definition) is 1. The zero-order valence-corrected chi connectivity index (χ0v) is 11.7. The molecule has 0 aliphatic carbocycles. The first-order valence-electron chi connectivity index (χ1n) is 6.51. The van der Waals surface area contributed by atoms with E-state index in [2.05, 4.69) is 0 Å². The molecule has 0 fully saturated rings. The molecule has 0 atom stereocenters. The normalized spacial score (nSPS) is 15.0. The van der Waals surface area contributed by atoms with E-state index in [-0.39, 0.29) is 17.3 Å². The van der Waals surface area contributed by atoms with Crippen LogP contribution in [0.5, 0.6) is 17.2 Å². The number of Topliss-reactive ketones (excluding diaryl/α,β-unsaturated/α-hetero) is 1. The number of ether oxygens (including phenoxy) is 2. The Labute approximate surface area is 122 Å². The van der Waals surface area contributed by atoms with E-state index in [0.717, 1.165) is 5.56 Å². The number of methoxy groups -OCH3 is 1. The van der Waals surface area contributed by atoms with Crippen LogP contribution in [0.2, 0.25) is 0 Å². The molecule has 1 aliphatic rings. The van der Waals surface area contributed by atoms with Gasteiger partial charge in [-0.3, -0.25) is 4.79 Å². The lowest BCUT2D eigenvalue weighted by atomic mass is 10.1. The van der Waals surface area contributed by atoms with Gasteiger partial charge in [-0.05, 0) is 42.8 Å². The number of benzene rings is 2. The molecular weight excluding hydrogens is 268 g/mol. The largest absolute Gasteiger partial charge is 0.508 e. The van der Waals surface area contributed by atoms with Gasteiger partial charge in [0.1, 0.15) is 17.2 Å². The van der Waals surface area contributed by atoms with E-state index in [1.807, 2.05) is 24.3 Å². The van der Waals surface area contributed by atoms with Crippen molar-refractivity contribution in [1.29, 1.82) is 0 Å². The predicted molar refractivity (Wildman–Crippen MR) is 78.8 cm³/mol. The van der Waals surface area contributed by atoms with Crippen LogP contribution >= 0.6 is 0 Å². The Morgan fingerprint density at radius 3 is 2.81 bits per heavy atom. The van der Waals surface area contributed by atoms with E-state index in [4.69, 9.17) is 9.47 Å². The molecule has 4 nitrogen and oxygen atoms in total. The topological polar surface area (TPSA) is 55.8 Å². The maximum atomic E-state index is 12.3. The number of ketones is 1. The van der Waals surface area contributed by atoms with Crippen molar-refractivity contribution in [2.75, 3.05) is 7.11 Å². The molecule has 0 spiro atoms. The van der Waals surface area contributed by atoms with Crippen LogP contribution in [0.25, 0.3) is 6.08 Å². The Balaban J connectivity index is 2.01. The minimum absolute atomic E-state index is 0.115. The third-order valence-corrected chi connectivity index (χ3v) is 3.45. The Morgan fingerprint density at radius 1 is 1.24 bits per heavy atom. The molecule has 21 heavy (non-hydrogen) atoms. The highest BCUT2D eigenvalue weighted by atomic mass is 16.5. The molecule has 3 rings (SSSR count). The van der Waals surface area contributed by atoms with Crippen molar-refractivity contribution in [3.8, 4) is 17.2 Å². The quantitative estimate of drug-likeness (QED) is 0.858. The van der Waals surface area contributed by atoms with Crippen molar-refractivity contribution in [1.82, 2.24) is 0 Å². The van der Waals surface area contributed by atoms with Gasteiger partial charge in [0.2, 0.25) is 5.78 Å². The summed E-state index contributed by atoms with van der Waals surface area (Å²) in [7, 11) is 1.59. The van der Waals surface area contributed by atoms with E-state index in [9.17, 15) is 9.90 Å². The maximum Gasteiger partial charge on any atom is 0.231 e. The molecule has 106 valence electrons. The lowest BCUT2D eigenvalue weighted by Crippen LogP contribution is -1.98. The molecule has 0 radical (unpaired) electrons. The van der Waals surface area contributed by atoms with E-state index < -0.39 is 0 Å². The van der Waals surface area contributed by atoms with Crippen LogP contribution in [0.1, 0.15) is 21.5 Å². The number of hydrogen-bond acceptors (Lipinski definition) is 4. The summed E-state index contributed by atoms with van der Waals surface area (Å²) >= 11 is 0. The number of rotatable bonds is 2. The predicted octanol–water partition coefficient (Wildman–Crippen LogP) is 3.33. The first-order chi connectivity index (χ1) is 10.1. The third kappa shape index (κ3) is 2.25. The van der Waals surface area contributed by atoms with Crippen LogP contribution in [0.15, 0.2) is 42.2 Å². The summed E-state index contributed by atoms with van der Waals surface area (Å²) in [5.74, 6) is 1.31. The highest BCUT2D eigenvalue weighted by Gasteiger charge is 2.29. The van der Waals surface area contributed by atoms with Gasteiger partial charge in [-0.1, -0.05) is 12.1 Å². The van der Waals surface area contributed by atoms with Crippen LogP contribution in [0.4, 0.5) is 0 Å². The first kappa shape index (κ1) is 13.2. The number of allylic oxidation sites excluding steroid dienone is 1. The molecule has 2 aromatic carbocycles. The van der Waals surface area contributed by atoms with E-state index in [1.54, 1.807) is 26.2 Å². The van der Waals surface area contributed by atoms with Crippen molar-refractivity contribution >= 4 is 11.9 Å². The molecule has 0 unspecified atom stereocenters. The van der Waals surface area contributed by atoms with Crippen LogP contribution < -0.4 is 9.47 Å². The van der Waals surface area contributed by atoms with Crippen LogP contribution in [0, 0.1) is 6.92 Å². The number of phenols is 1. The fourth-order valence-electron chi connectivity index (χ4n) is 2.26. The third-order valence-electron chi connectivity index (χ3n) is 3.45. The second-order valence-corrected chi connectivity index (χ2v) is 4.80. The second kappa shape index (κ2) is 4.98. The smallest absolute Gasteiger partial charge is 0.231 e. The van der Waals surface area contributed by atoms with Crippen molar-refractivity contribution in [3.05, 3.63) is 58.8 Å². The van der Waals surface area contributed by atoms with Crippen molar-refractivity contribution in [2.45, 2.75) is 6.92 Å². The monoisotopic (exact) mass is 282 g/mol. The fourth-order valence-corrected chi connectivity index (χ4v) is 2.26. The van der Waals surface area contributed by atoms with E-state index >= 15 is 0 Å². The van der Waals surface area contributed by atoms with Gasteiger partial charge in [0.05, 0.1) is 12.7 Å². The number of carbonyl (C=O) groups is 1. The Kier molecular flexibility index (Phi) is 3.14. The highest BCUT2D eigenvalue weighted by Crippen LogP contribution is 2.38. The summed E-state index contributed by atoms with van der Waals surface area (Å²) in [6.45, 7) is 1.72. The highest BCUT2D eigenvalue weighted by molar-refractivity contribution is 6.14. The molecule has 4 heteroatoms. The van der Waals surface area contributed by atoms with Gasteiger partial charge in [0, 0.05) is 5.56 Å². The molecule has 0 bridgehead atoms. The lowest BCUT2D eigenvalue weighted by Gasteiger charge is -2.04. The molecular formula is C17H14O4. The molecule has 0 aromatic heterocycles. The zero-order valence-electron chi connectivity index (χ0n) is 11.7. The second-order valence-electron chi connectivity index (χ2n) is 4.80. The first-order valence-corrected chi connectivity index (χ1v) is 6.51. The Hall–Kier alpha value is -2.75. The summed E-state index contributed by atoms with van der Waals surface area (Å²) in [6.07, 6.45) is 1.67. The van der Waals surface area contributed by atoms with Crippen LogP contribution in [-0.4, -0.2) is 18.0 Å². The molecule has 1 aliphatic heterocycles. The summed E-state index contributed by atoms with van der Waals surface area (Å²) in [5.41, 5.74) is 1.85. The standard InChI is InChI=1S/C17H14O4/c1-10-14(18)7-6-13-16(19)15(21-17(10)13)9-11-4-3-5-12(8-11)20-2/h3-9,18H,1-2H3. The van der Waals surface area contributed by atoms with Gasteiger partial charge >= 0.3 is 0 Å². The van der Waals surface area contributed by atoms with Crippen LogP contribution in [0.3, 0.4) is 0 Å². The fraction of sp³-hybridized carbons (Fsp3) is 0.118. The van der Waals surface area contributed by atoms with Gasteiger partial charge in [-0.2, -0.15) is 0 Å². The number of carbonyl (C=O) groups excluding carboxylic acids is 1. The van der Waals surface area contributed by atoms with Crippen LogP contribution in [-0.2, 0) is 0 Å². The number of aromatic hydroxyl groups is 1. The van der Waals surface area contributed by atoms with E-state index in [1.165, 1.54) is 6.07 Å². The Bertz CT molecular complexity index is 759. The minimum atomic E-state index is -0.184. The van der Waals surface area contributed by atoms with Gasteiger partial charge in [-0.15, -0.1) is 0 Å². The minimum Gasteiger partial charge on any atom is -0.508 e. The molecule has 0 saturated carbocycles. The summed E-state index contributed by atoms with van der Waals surface area (Å²) < 4.78 is 10.8. The van der Waals surface area contributed by atoms with Gasteiger partial charge in [0.15, 0.2) is 5.76 Å². The summed E-state index contributed by atoms with van der Waals surface area (Å²) in [6, 6.07) is 10.4. The van der Waals surface area contributed by atoms with Gasteiger partial charge in [0.25, 0.3) is 0 Å². The Morgan fingerprint density at radius 2 is 2.05 bits per heavy atom. The number of phenolic OH excluding ortho intramolecular Hbond substituents is 1. The van der Waals surface area contributed by atoms with Gasteiger partial charge in [-0.25, -0.2) is 0 Å². The van der Waals surface area contributed by atoms with Crippen molar-refractivity contribution in [2.24, 2.45) is 0 Å². The molecule has 1 heterocycles. The average Bonchev–Trinajstić information content (AvgIpc) is 2.81. The lowest BCUT2D eigenvalue weighted by molar-refractivity contribution is 0.101. The number of fused-ring (bicyclic) bond motifs is 1. The molecule has 0 saturated heterocycles. The molecule has 1 N–H and O–H groups in total. The molecule has 2 aromatic rings. The molecule has 0 amide bonds. The van der Waals surface area contributed by atoms with Gasteiger partial charge < -0.3 is 14.6 Å². The summed E-state index contributed by atoms with van der Waals surface area (Å²) in [4.78, 5) is 12.3. The average molecular weight is 282 g/mol. The van der Waals surface area contributed by atoms with Crippen molar-refractivity contribution in [3.63, 3.8) is 0 Å². The SMILES string of the molecule is COc1cccc(C=C2Oc3c(ccc(O)c3C)C2=O)c1. The maximum absolute atomic E-state index is 12.3. The van der Waals surface area contributed by atoms with Crippen molar-refractivity contribution < 1.29 is 19.4 Å². The zero-order chi connectivity index (χ0) is 15.0.